The molecule has 1 atom stereocenters. The maximum Gasteiger partial charge on any atom is -0.0414 e. The van der Waals surface area contributed by atoms with Crippen LogP contribution in [-0.4, -0.2) is 0 Å². The van der Waals surface area contributed by atoms with E-state index < -0.39 is 0 Å². The third-order valence-corrected chi connectivity index (χ3v) is 5.54. The normalized spacial score (nSPS) is 12.6. The van der Waals surface area contributed by atoms with Gasteiger partial charge in [-0.3, -0.25) is 0 Å². The van der Waals surface area contributed by atoms with Gasteiger partial charge in [0.2, 0.25) is 0 Å². The second-order valence-corrected chi connectivity index (χ2v) is 8.04. The molecule has 0 aromatic rings. The summed E-state index contributed by atoms with van der Waals surface area (Å²) in [6, 6.07) is 0. The van der Waals surface area contributed by atoms with Gasteiger partial charge in [0.25, 0.3) is 0 Å². The molecule has 1 unspecified atom stereocenters. The van der Waals surface area contributed by atoms with E-state index in [9.17, 15) is 0 Å². The SMILES string of the molecule is [CH2]CCCCCC(CCCCCCC)CCCCCCCCCC. The zero-order chi connectivity index (χ0) is 17.7. The summed E-state index contributed by atoms with van der Waals surface area (Å²) in [6.45, 7) is 8.60. The molecule has 0 heteroatoms. The van der Waals surface area contributed by atoms with Crippen LogP contribution in [0.5, 0.6) is 0 Å². The van der Waals surface area contributed by atoms with Crippen LogP contribution < -0.4 is 0 Å². The van der Waals surface area contributed by atoms with Crippen LogP contribution in [0.3, 0.4) is 0 Å². The summed E-state index contributed by atoms with van der Waals surface area (Å²) in [4.78, 5) is 0. The van der Waals surface area contributed by atoms with E-state index in [4.69, 9.17) is 0 Å². The van der Waals surface area contributed by atoms with E-state index in [1.54, 1.807) is 0 Å². The summed E-state index contributed by atoms with van der Waals surface area (Å²) < 4.78 is 0. The number of unbranched alkanes of at least 4 members (excludes halogenated alkanes) is 14. The molecule has 24 heavy (non-hydrogen) atoms. The van der Waals surface area contributed by atoms with Gasteiger partial charge in [-0.2, -0.15) is 0 Å². The maximum absolute atomic E-state index is 3.98. The van der Waals surface area contributed by atoms with Gasteiger partial charge in [0, 0.05) is 0 Å². The van der Waals surface area contributed by atoms with Crippen LogP contribution in [0.25, 0.3) is 0 Å². The Labute approximate surface area is 155 Å². The van der Waals surface area contributed by atoms with Crippen molar-refractivity contribution < 1.29 is 0 Å². The summed E-state index contributed by atoms with van der Waals surface area (Å²) in [7, 11) is 0. The molecule has 0 saturated carbocycles. The van der Waals surface area contributed by atoms with Crippen molar-refractivity contribution in [3.05, 3.63) is 6.92 Å². The second-order valence-electron chi connectivity index (χ2n) is 8.04. The molecule has 0 spiro atoms. The quantitative estimate of drug-likeness (QED) is 0.194. The molecular formula is C24H49. The minimum Gasteiger partial charge on any atom is -0.0654 e. The molecule has 0 bridgehead atoms. The van der Waals surface area contributed by atoms with Crippen molar-refractivity contribution in [2.75, 3.05) is 0 Å². The summed E-state index contributed by atoms with van der Waals surface area (Å²) in [6.07, 6.45) is 28.7. The first-order chi connectivity index (χ1) is 11.8. The molecule has 0 fully saturated rings. The van der Waals surface area contributed by atoms with Gasteiger partial charge in [0.1, 0.15) is 0 Å². The van der Waals surface area contributed by atoms with Crippen LogP contribution in [-0.2, 0) is 0 Å². The van der Waals surface area contributed by atoms with E-state index in [0.29, 0.717) is 0 Å². The Morgan fingerprint density at radius 2 is 0.792 bits per heavy atom. The number of hydrogen-bond donors (Lipinski definition) is 0. The van der Waals surface area contributed by atoms with Gasteiger partial charge in [0.15, 0.2) is 0 Å². The Balaban J connectivity index is 3.67. The zero-order valence-corrected chi connectivity index (χ0v) is 17.4. The zero-order valence-electron chi connectivity index (χ0n) is 17.4. The highest BCUT2D eigenvalue weighted by molar-refractivity contribution is 4.62. The fraction of sp³-hybridized carbons (Fsp3) is 0.958. The molecular weight excluding hydrogens is 288 g/mol. The monoisotopic (exact) mass is 337 g/mol. The predicted octanol–water partition coefficient (Wildman–Crippen LogP) is 9.28. The Morgan fingerprint density at radius 3 is 1.17 bits per heavy atom. The van der Waals surface area contributed by atoms with E-state index in [2.05, 4.69) is 20.8 Å². The largest absolute Gasteiger partial charge is 0.0654 e. The van der Waals surface area contributed by atoms with Gasteiger partial charge < -0.3 is 0 Å². The first-order valence-corrected chi connectivity index (χ1v) is 11.6. The highest BCUT2D eigenvalue weighted by Crippen LogP contribution is 2.24. The van der Waals surface area contributed by atoms with Gasteiger partial charge in [-0.25, -0.2) is 0 Å². The van der Waals surface area contributed by atoms with Crippen LogP contribution >= 0.6 is 0 Å². The number of rotatable bonds is 20. The van der Waals surface area contributed by atoms with Crippen molar-refractivity contribution in [1.29, 1.82) is 0 Å². The number of hydrogen-bond acceptors (Lipinski definition) is 0. The lowest BCUT2D eigenvalue weighted by Crippen LogP contribution is -2.01. The molecule has 0 saturated heterocycles. The fourth-order valence-electron chi connectivity index (χ4n) is 3.82. The smallest absolute Gasteiger partial charge is 0.0414 e. The summed E-state index contributed by atoms with van der Waals surface area (Å²) in [5.41, 5.74) is 0. The van der Waals surface area contributed by atoms with Crippen LogP contribution in [0, 0.1) is 12.8 Å². The van der Waals surface area contributed by atoms with Crippen molar-refractivity contribution in [2.24, 2.45) is 5.92 Å². The molecule has 0 heterocycles. The Bertz CT molecular complexity index is 208. The molecule has 145 valence electrons. The van der Waals surface area contributed by atoms with Gasteiger partial charge in [0.05, 0.1) is 0 Å². The molecule has 0 aliphatic carbocycles. The highest BCUT2D eigenvalue weighted by Gasteiger charge is 2.08. The van der Waals surface area contributed by atoms with Crippen LogP contribution in [0.2, 0.25) is 0 Å². The van der Waals surface area contributed by atoms with Gasteiger partial charge in [-0.1, -0.05) is 149 Å². The van der Waals surface area contributed by atoms with Gasteiger partial charge >= 0.3 is 0 Å². The van der Waals surface area contributed by atoms with Crippen LogP contribution in [0.4, 0.5) is 0 Å². The van der Waals surface area contributed by atoms with E-state index in [-0.39, 0.29) is 0 Å². The summed E-state index contributed by atoms with van der Waals surface area (Å²) in [5, 5.41) is 0. The van der Waals surface area contributed by atoms with E-state index >= 15 is 0 Å². The average Bonchev–Trinajstić information content (AvgIpc) is 2.60. The average molecular weight is 338 g/mol. The minimum atomic E-state index is 1.02. The van der Waals surface area contributed by atoms with Crippen molar-refractivity contribution in [1.82, 2.24) is 0 Å². The Morgan fingerprint density at radius 1 is 0.458 bits per heavy atom. The molecule has 0 rings (SSSR count). The Hall–Kier alpha value is 0. The fourth-order valence-corrected chi connectivity index (χ4v) is 3.82. The van der Waals surface area contributed by atoms with E-state index in [1.165, 1.54) is 122 Å². The molecule has 0 amide bonds. The van der Waals surface area contributed by atoms with Gasteiger partial charge in [-0.05, 0) is 5.92 Å². The van der Waals surface area contributed by atoms with Crippen molar-refractivity contribution in [3.8, 4) is 0 Å². The first-order valence-electron chi connectivity index (χ1n) is 11.6. The highest BCUT2D eigenvalue weighted by atomic mass is 14.1. The minimum absolute atomic E-state index is 1.02. The topological polar surface area (TPSA) is 0 Å². The lowest BCUT2D eigenvalue weighted by molar-refractivity contribution is 0.367. The first kappa shape index (κ1) is 24.0. The molecule has 1 radical (unpaired) electrons. The molecule has 0 aromatic heterocycles. The van der Waals surface area contributed by atoms with Gasteiger partial charge in [-0.15, -0.1) is 0 Å². The Kier molecular flexibility index (Phi) is 21.0. The van der Waals surface area contributed by atoms with Crippen LogP contribution in [0.1, 0.15) is 142 Å². The van der Waals surface area contributed by atoms with Crippen LogP contribution in [0.15, 0.2) is 0 Å². The van der Waals surface area contributed by atoms with Crippen molar-refractivity contribution in [2.45, 2.75) is 142 Å². The summed E-state index contributed by atoms with van der Waals surface area (Å²) in [5.74, 6) is 1.02. The van der Waals surface area contributed by atoms with Crippen molar-refractivity contribution in [3.63, 3.8) is 0 Å². The molecule has 0 nitrogen and oxygen atoms in total. The summed E-state index contributed by atoms with van der Waals surface area (Å²) >= 11 is 0. The third-order valence-electron chi connectivity index (χ3n) is 5.54. The predicted molar refractivity (Wildman–Crippen MR) is 113 cm³/mol. The molecule has 0 aliphatic heterocycles. The molecule has 0 N–H and O–H groups in total. The standard InChI is InChI=1S/C24H49/c1-4-7-10-13-14-15-17-20-23-24(21-18-12-9-6-3)22-19-16-11-8-5-2/h24H,3-23H2,1-2H3. The maximum atomic E-state index is 3.98. The second kappa shape index (κ2) is 21.0. The van der Waals surface area contributed by atoms with Crippen molar-refractivity contribution >= 4 is 0 Å². The lowest BCUT2D eigenvalue weighted by Gasteiger charge is -2.17. The third kappa shape index (κ3) is 18.3. The molecule has 0 aliphatic rings. The molecule has 0 aromatic carbocycles. The van der Waals surface area contributed by atoms with E-state index in [1.807, 2.05) is 0 Å². The lowest BCUT2D eigenvalue weighted by atomic mass is 9.89. The van der Waals surface area contributed by atoms with E-state index in [0.717, 1.165) is 12.3 Å².